The van der Waals surface area contributed by atoms with E-state index in [1.165, 1.54) is 11.1 Å². The lowest BCUT2D eigenvalue weighted by Gasteiger charge is -2.10. The molecule has 0 atom stereocenters. The van der Waals surface area contributed by atoms with E-state index in [2.05, 4.69) is 30.6 Å². The van der Waals surface area contributed by atoms with Crippen molar-refractivity contribution in [2.75, 3.05) is 5.32 Å². The number of carbonyl (C=O) groups is 1. The number of hydrogen-bond acceptors (Lipinski definition) is 6. The molecule has 9 nitrogen and oxygen atoms in total. The number of hydrogen-bond donors (Lipinski definition) is 1. The van der Waals surface area contributed by atoms with Crippen LogP contribution in [0.5, 0.6) is 0 Å². The molecule has 0 bridgehead atoms. The highest BCUT2D eigenvalue weighted by molar-refractivity contribution is 5.99. The lowest BCUT2D eigenvalue weighted by atomic mass is 10.1. The summed E-state index contributed by atoms with van der Waals surface area (Å²) in [5, 5.41) is 15.7. The normalized spacial score (nSPS) is 11.3. The molecular weight excluding hydrogens is 332 g/mol. The van der Waals surface area contributed by atoms with Crippen LogP contribution in [-0.2, 0) is 18.3 Å². The Kier molecular flexibility index (Phi) is 3.83. The number of nitrogens with zero attached hydrogens (tertiary/aromatic N) is 7. The molecule has 0 radical (unpaired) electrons. The first kappa shape index (κ1) is 16.1. The minimum absolute atomic E-state index is 0.0827. The number of benzene rings is 1. The van der Waals surface area contributed by atoms with Crippen LogP contribution in [0.4, 0.5) is 5.69 Å². The van der Waals surface area contributed by atoms with Crippen LogP contribution >= 0.6 is 0 Å². The fourth-order valence-electron chi connectivity index (χ4n) is 3.11. The van der Waals surface area contributed by atoms with Gasteiger partial charge in [-0.3, -0.25) is 4.79 Å². The molecule has 132 valence electrons. The van der Waals surface area contributed by atoms with Gasteiger partial charge in [0.15, 0.2) is 0 Å². The summed E-state index contributed by atoms with van der Waals surface area (Å²) < 4.78 is 1.69. The Morgan fingerprint density at radius 3 is 2.92 bits per heavy atom. The predicted molar refractivity (Wildman–Crippen MR) is 95.7 cm³/mol. The number of carbonyl (C=O) groups excluding carboxylic acids is 1. The highest BCUT2D eigenvalue weighted by atomic mass is 16.1. The average molecular weight is 350 g/mol. The van der Waals surface area contributed by atoms with Gasteiger partial charge in [0.2, 0.25) is 5.91 Å². The number of amides is 1. The average Bonchev–Trinajstić information content (AvgIpc) is 3.20. The maximum atomic E-state index is 12.5. The molecule has 1 N–H and O–H groups in total. The van der Waals surface area contributed by atoms with Gasteiger partial charge in [-0.2, -0.15) is 25.1 Å². The summed E-state index contributed by atoms with van der Waals surface area (Å²) in [5.74, 6) is 0.489. The molecule has 3 aromatic heterocycles. The van der Waals surface area contributed by atoms with E-state index in [1.807, 2.05) is 32.0 Å². The second kappa shape index (κ2) is 6.17. The summed E-state index contributed by atoms with van der Waals surface area (Å²) in [6.07, 6.45) is 2.38. The van der Waals surface area contributed by atoms with Crippen LogP contribution in [0.1, 0.15) is 23.4 Å². The number of fused-ring (bicyclic) bond motifs is 2. The molecule has 0 saturated carbocycles. The number of rotatable bonds is 4. The van der Waals surface area contributed by atoms with Crippen molar-refractivity contribution in [1.82, 2.24) is 34.6 Å². The minimum Gasteiger partial charge on any atom is -0.324 e. The van der Waals surface area contributed by atoms with E-state index in [9.17, 15) is 4.79 Å². The van der Waals surface area contributed by atoms with Crippen LogP contribution in [0, 0.1) is 13.8 Å². The Balaban J connectivity index is 1.52. The van der Waals surface area contributed by atoms with Gasteiger partial charge < -0.3 is 5.32 Å². The van der Waals surface area contributed by atoms with Crippen molar-refractivity contribution in [2.24, 2.45) is 7.05 Å². The minimum atomic E-state index is -0.0827. The van der Waals surface area contributed by atoms with Crippen LogP contribution in [0.3, 0.4) is 0 Å². The molecule has 0 aliphatic carbocycles. The van der Waals surface area contributed by atoms with Crippen molar-refractivity contribution in [3.8, 4) is 0 Å². The van der Waals surface area contributed by atoms with Crippen molar-refractivity contribution in [1.29, 1.82) is 0 Å². The fraction of sp³-hybridized carbons (Fsp3) is 0.294. The standard InChI is InChI=1S/C17H18N8O/c1-10-12(11(2)25-17(20-10)18-9-19-25)7-8-15(26)21-13-5-4-6-14-16(13)23-24(3)22-14/h4-6,9H,7-8H2,1-3H3,(H,21,26). The molecule has 26 heavy (non-hydrogen) atoms. The molecule has 9 heteroatoms. The monoisotopic (exact) mass is 350 g/mol. The predicted octanol–water partition coefficient (Wildman–Crippen LogP) is 1.59. The first-order chi connectivity index (χ1) is 12.5. The van der Waals surface area contributed by atoms with Gasteiger partial charge >= 0.3 is 0 Å². The largest absolute Gasteiger partial charge is 0.324 e. The number of aromatic nitrogens is 7. The second-order valence-electron chi connectivity index (χ2n) is 6.14. The lowest BCUT2D eigenvalue weighted by Crippen LogP contribution is -2.14. The van der Waals surface area contributed by atoms with Crippen LogP contribution < -0.4 is 5.32 Å². The lowest BCUT2D eigenvalue weighted by molar-refractivity contribution is -0.116. The Hall–Kier alpha value is -3.36. The molecule has 0 saturated heterocycles. The molecule has 4 aromatic rings. The zero-order valence-electron chi connectivity index (χ0n) is 14.8. The smallest absolute Gasteiger partial charge is 0.252 e. The van der Waals surface area contributed by atoms with Gasteiger partial charge in [-0.15, -0.1) is 0 Å². The van der Waals surface area contributed by atoms with E-state index >= 15 is 0 Å². The van der Waals surface area contributed by atoms with Crippen LogP contribution in [0.15, 0.2) is 24.5 Å². The first-order valence-corrected chi connectivity index (χ1v) is 8.28. The molecular formula is C17H18N8O. The number of aryl methyl sites for hydroxylation is 3. The first-order valence-electron chi connectivity index (χ1n) is 8.28. The molecule has 0 aliphatic rings. The molecule has 4 rings (SSSR count). The topological polar surface area (TPSA) is 103 Å². The van der Waals surface area contributed by atoms with Gasteiger partial charge in [0.25, 0.3) is 5.78 Å². The van der Waals surface area contributed by atoms with Gasteiger partial charge in [-0.1, -0.05) is 6.07 Å². The zero-order valence-corrected chi connectivity index (χ0v) is 14.8. The zero-order chi connectivity index (χ0) is 18.3. The number of nitrogens with one attached hydrogen (secondary N) is 1. The van der Waals surface area contributed by atoms with E-state index in [0.29, 0.717) is 29.8 Å². The fourth-order valence-corrected chi connectivity index (χ4v) is 3.11. The third-order valence-corrected chi connectivity index (χ3v) is 4.38. The molecule has 3 heterocycles. The van der Waals surface area contributed by atoms with Crippen molar-refractivity contribution in [3.63, 3.8) is 0 Å². The number of anilines is 1. The van der Waals surface area contributed by atoms with Gasteiger partial charge in [-0.25, -0.2) is 9.50 Å². The SMILES string of the molecule is Cc1nc2ncnn2c(C)c1CCC(=O)Nc1cccc2nn(C)nc12. The van der Waals surface area contributed by atoms with Gasteiger partial charge in [0.05, 0.1) is 5.69 Å². The highest BCUT2D eigenvalue weighted by Gasteiger charge is 2.14. The van der Waals surface area contributed by atoms with Gasteiger partial charge in [0.1, 0.15) is 17.4 Å². The van der Waals surface area contributed by atoms with Crippen LogP contribution in [0.2, 0.25) is 0 Å². The van der Waals surface area contributed by atoms with E-state index in [1.54, 1.807) is 11.6 Å². The van der Waals surface area contributed by atoms with Crippen molar-refractivity contribution < 1.29 is 4.79 Å². The molecule has 0 unspecified atom stereocenters. The maximum absolute atomic E-state index is 12.5. The molecule has 0 aliphatic heterocycles. The van der Waals surface area contributed by atoms with E-state index in [0.717, 1.165) is 22.5 Å². The summed E-state index contributed by atoms with van der Waals surface area (Å²) in [4.78, 5) is 22.5. The Bertz CT molecular complexity index is 1130. The molecule has 1 amide bonds. The van der Waals surface area contributed by atoms with E-state index in [-0.39, 0.29) is 5.91 Å². The summed E-state index contributed by atoms with van der Waals surface area (Å²) in [6.45, 7) is 3.89. The quantitative estimate of drug-likeness (QED) is 0.599. The summed E-state index contributed by atoms with van der Waals surface area (Å²) in [6, 6.07) is 5.54. The van der Waals surface area contributed by atoms with Crippen molar-refractivity contribution in [2.45, 2.75) is 26.7 Å². The summed E-state index contributed by atoms with van der Waals surface area (Å²) in [5.41, 5.74) is 4.93. The maximum Gasteiger partial charge on any atom is 0.252 e. The van der Waals surface area contributed by atoms with E-state index in [4.69, 9.17) is 0 Å². The third kappa shape index (κ3) is 2.77. The summed E-state index contributed by atoms with van der Waals surface area (Å²) >= 11 is 0. The molecule has 1 aromatic carbocycles. The molecule has 0 fully saturated rings. The Morgan fingerprint density at radius 2 is 2.08 bits per heavy atom. The van der Waals surface area contributed by atoms with Crippen LogP contribution in [-0.4, -0.2) is 40.5 Å². The van der Waals surface area contributed by atoms with Crippen LogP contribution in [0.25, 0.3) is 16.8 Å². The van der Waals surface area contributed by atoms with E-state index < -0.39 is 0 Å². The highest BCUT2D eigenvalue weighted by Crippen LogP contribution is 2.20. The van der Waals surface area contributed by atoms with Crippen molar-refractivity contribution >= 4 is 28.4 Å². The second-order valence-corrected chi connectivity index (χ2v) is 6.14. The third-order valence-electron chi connectivity index (χ3n) is 4.38. The Labute approximate surface area is 149 Å². The molecule has 0 spiro atoms. The Morgan fingerprint density at radius 1 is 1.23 bits per heavy atom. The van der Waals surface area contributed by atoms with Crippen molar-refractivity contribution in [3.05, 3.63) is 41.5 Å². The van der Waals surface area contributed by atoms with Gasteiger partial charge in [0, 0.05) is 24.9 Å². The summed E-state index contributed by atoms with van der Waals surface area (Å²) in [7, 11) is 1.75. The van der Waals surface area contributed by atoms with Gasteiger partial charge in [-0.05, 0) is 38.0 Å².